The fourth-order valence-corrected chi connectivity index (χ4v) is 3.20. The maximum atomic E-state index is 2.27. The highest BCUT2D eigenvalue weighted by atomic mass is 14.1. The van der Waals surface area contributed by atoms with Crippen molar-refractivity contribution in [2.45, 2.75) is 13.8 Å². The van der Waals surface area contributed by atoms with Crippen LogP contribution in [0.4, 0.5) is 0 Å². The van der Waals surface area contributed by atoms with E-state index in [2.05, 4.69) is 74.5 Å². The van der Waals surface area contributed by atoms with Crippen molar-refractivity contribution in [1.29, 1.82) is 0 Å². The number of rotatable bonds is 0. The van der Waals surface area contributed by atoms with Crippen LogP contribution in [0.15, 0.2) is 60.7 Å². The fraction of sp³-hybridized carbons (Fsp3) is 0.100. The van der Waals surface area contributed by atoms with E-state index in [9.17, 15) is 0 Å². The van der Waals surface area contributed by atoms with Gasteiger partial charge in [-0.15, -0.1) is 0 Å². The first-order chi connectivity index (χ1) is 9.74. The molecule has 4 rings (SSSR count). The minimum atomic E-state index is 1.31. The Kier molecular flexibility index (Phi) is 2.34. The highest BCUT2D eigenvalue weighted by Gasteiger charge is 2.06. The van der Waals surface area contributed by atoms with Gasteiger partial charge < -0.3 is 0 Å². The van der Waals surface area contributed by atoms with Crippen molar-refractivity contribution in [3.63, 3.8) is 0 Å². The van der Waals surface area contributed by atoms with Crippen LogP contribution in [0, 0.1) is 13.8 Å². The van der Waals surface area contributed by atoms with Crippen LogP contribution in [0.25, 0.3) is 32.3 Å². The molecule has 0 bridgehead atoms. The van der Waals surface area contributed by atoms with Crippen molar-refractivity contribution in [1.82, 2.24) is 0 Å². The highest BCUT2D eigenvalue weighted by Crippen LogP contribution is 2.33. The maximum Gasteiger partial charge on any atom is -0.00267 e. The molecule has 4 aromatic rings. The molecule has 0 aliphatic rings. The number of aryl methyl sites for hydroxylation is 2. The molecule has 0 spiro atoms. The summed E-state index contributed by atoms with van der Waals surface area (Å²) in [5, 5.41) is 8.09. The Bertz CT molecular complexity index is 962. The number of hydrogen-bond acceptors (Lipinski definition) is 0. The Balaban J connectivity index is 2.33. The first kappa shape index (κ1) is 11.5. The van der Waals surface area contributed by atoms with Crippen molar-refractivity contribution in [3.8, 4) is 0 Å². The van der Waals surface area contributed by atoms with E-state index in [1.165, 1.54) is 43.4 Å². The third-order valence-electron chi connectivity index (χ3n) is 4.23. The molecule has 0 nitrogen and oxygen atoms in total. The Morgan fingerprint density at radius 2 is 1.35 bits per heavy atom. The number of fused-ring (bicyclic) bond motifs is 5. The van der Waals surface area contributed by atoms with Gasteiger partial charge in [-0.2, -0.15) is 0 Å². The minimum Gasteiger partial charge on any atom is -0.0613 e. The van der Waals surface area contributed by atoms with E-state index >= 15 is 0 Å². The Morgan fingerprint density at radius 1 is 0.600 bits per heavy atom. The summed E-state index contributed by atoms with van der Waals surface area (Å²) in [7, 11) is 0. The minimum absolute atomic E-state index is 1.31. The topological polar surface area (TPSA) is 0 Å². The van der Waals surface area contributed by atoms with Crippen LogP contribution in [-0.4, -0.2) is 0 Å². The second kappa shape index (κ2) is 4.08. The predicted octanol–water partition coefficient (Wildman–Crippen LogP) is 5.76. The summed E-state index contributed by atoms with van der Waals surface area (Å²) >= 11 is 0. The van der Waals surface area contributed by atoms with Gasteiger partial charge in [0.25, 0.3) is 0 Å². The first-order valence-electron chi connectivity index (χ1n) is 7.05. The van der Waals surface area contributed by atoms with Gasteiger partial charge in [-0.05, 0) is 51.7 Å². The van der Waals surface area contributed by atoms with E-state index in [1.54, 1.807) is 0 Å². The zero-order valence-corrected chi connectivity index (χ0v) is 11.8. The molecule has 0 amide bonds. The van der Waals surface area contributed by atoms with Gasteiger partial charge in [-0.1, -0.05) is 66.2 Å². The lowest BCUT2D eigenvalue weighted by molar-refractivity contribution is 1.51. The molecule has 4 aromatic carbocycles. The molecule has 0 heterocycles. The standard InChI is InChI=1S/C20H16/c1-13-6-10-18-16(12-13)8-7-15-9-11-17-14(2)4-3-5-19(17)20(15)18/h3-12H,1-2H3. The van der Waals surface area contributed by atoms with Crippen LogP contribution in [0.5, 0.6) is 0 Å². The van der Waals surface area contributed by atoms with E-state index in [4.69, 9.17) is 0 Å². The summed E-state index contributed by atoms with van der Waals surface area (Å²) in [5.41, 5.74) is 2.65. The third-order valence-corrected chi connectivity index (χ3v) is 4.23. The van der Waals surface area contributed by atoms with Crippen LogP contribution in [0.3, 0.4) is 0 Å². The van der Waals surface area contributed by atoms with E-state index in [0.717, 1.165) is 0 Å². The van der Waals surface area contributed by atoms with Crippen molar-refractivity contribution in [2.75, 3.05) is 0 Å². The average Bonchev–Trinajstić information content (AvgIpc) is 2.46. The molecule has 0 heteroatoms. The maximum absolute atomic E-state index is 2.27. The van der Waals surface area contributed by atoms with Gasteiger partial charge in [0, 0.05) is 0 Å². The molecule has 0 radical (unpaired) electrons. The van der Waals surface area contributed by atoms with Gasteiger partial charge in [0.05, 0.1) is 0 Å². The zero-order valence-electron chi connectivity index (χ0n) is 11.8. The predicted molar refractivity (Wildman–Crippen MR) is 88.4 cm³/mol. The van der Waals surface area contributed by atoms with Crippen LogP contribution in [-0.2, 0) is 0 Å². The SMILES string of the molecule is Cc1ccc2c(ccc3ccc4c(C)cccc4c32)c1. The van der Waals surface area contributed by atoms with E-state index in [1.807, 2.05) is 0 Å². The van der Waals surface area contributed by atoms with Crippen molar-refractivity contribution >= 4 is 32.3 Å². The molecular weight excluding hydrogens is 240 g/mol. The smallest absolute Gasteiger partial charge is 0.00267 e. The summed E-state index contributed by atoms with van der Waals surface area (Å²) < 4.78 is 0. The molecule has 0 N–H and O–H groups in total. The average molecular weight is 256 g/mol. The van der Waals surface area contributed by atoms with E-state index in [-0.39, 0.29) is 0 Å². The van der Waals surface area contributed by atoms with Gasteiger partial charge in [0.15, 0.2) is 0 Å². The van der Waals surface area contributed by atoms with Gasteiger partial charge >= 0.3 is 0 Å². The molecule has 0 aliphatic carbocycles. The second-order valence-corrected chi connectivity index (χ2v) is 5.62. The monoisotopic (exact) mass is 256 g/mol. The van der Waals surface area contributed by atoms with Gasteiger partial charge in [-0.3, -0.25) is 0 Å². The fourth-order valence-electron chi connectivity index (χ4n) is 3.20. The first-order valence-corrected chi connectivity index (χ1v) is 7.05. The normalized spacial score (nSPS) is 11.5. The second-order valence-electron chi connectivity index (χ2n) is 5.62. The molecule has 0 atom stereocenters. The lowest BCUT2D eigenvalue weighted by atomic mass is 9.94. The van der Waals surface area contributed by atoms with Crippen molar-refractivity contribution < 1.29 is 0 Å². The van der Waals surface area contributed by atoms with Crippen molar-refractivity contribution in [3.05, 3.63) is 71.8 Å². The Labute approximate surface area is 118 Å². The molecule has 0 saturated carbocycles. The van der Waals surface area contributed by atoms with Gasteiger partial charge in [0.2, 0.25) is 0 Å². The largest absolute Gasteiger partial charge is 0.0613 e. The Hall–Kier alpha value is -2.34. The molecule has 0 aliphatic heterocycles. The Morgan fingerprint density at radius 3 is 2.25 bits per heavy atom. The molecule has 0 saturated heterocycles. The van der Waals surface area contributed by atoms with Crippen molar-refractivity contribution in [2.24, 2.45) is 0 Å². The van der Waals surface area contributed by atoms with E-state index < -0.39 is 0 Å². The van der Waals surface area contributed by atoms with Gasteiger partial charge in [0.1, 0.15) is 0 Å². The highest BCUT2D eigenvalue weighted by molar-refractivity contribution is 6.20. The summed E-state index contributed by atoms with van der Waals surface area (Å²) in [4.78, 5) is 0. The summed E-state index contributed by atoms with van der Waals surface area (Å²) in [6.45, 7) is 4.33. The van der Waals surface area contributed by atoms with Crippen LogP contribution >= 0.6 is 0 Å². The number of hydrogen-bond donors (Lipinski definition) is 0. The van der Waals surface area contributed by atoms with Crippen LogP contribution in [0.2, 0.25) is 0 Å². The lowest BCUT2D eigenvalue weighted by Crippen LogP contribution is -1.84. The lowest BCUT2D eigenvalue weighted by Gasteiger charge is -2.10. The third kappa shape index (κ3) is 1.55. The van der Waals surface area contributed by atoms with Gasteiger partial charge in [-0.25, -0.2) is 0 Å². The summed E-state index contributed by atoms with van der Waals surface area (Å²) in [6, 6.07) is 22.3. The van der Waals surface area contributed by atoms with E-state index in [0.29, 0.717) is 0 Å². The molecule has 0 fully saturated rings. The molecule has 20 heavy (non-hydrogen) atoms. The summed E-state index contributed by atoms with van der Waals surface area (Å²) in [5.74, 6) is 0. The quantitative estimate of drug-likeness (QED) is 0.351. The molecule has 0 unspecified atom stereocenters. The molecular formula is C20H16. The zero-order chi connectivity index (χ0) is 13.7. The number of benzene rings is 4. The molecule has 0 aromatic heterocycles. The van der Waals surface area contributed by atoms with Crippen LogP contribution in [0.1, 0.15) is 11.1 Å². The summed E-state index contributed by atoms with van der Waals surface area (Å²) in [6.07, 6.45) is 0. The molecule has 96 valence electrons. The van der Waals surface area contributed by atoms with Crippen LogP contribution < -0.4 is 0 Å².